The molecule has 0 amide bonds. The van der Waals surface area contributed by atoms with Crippen LogP contribution in [0, 0.1) is 11.3 Å². The maximum Gasteiger partial charge on any atom is 0.103 e. The highest BCUT2D eigenvalue weighted by Gasteiger charge is 2.15. The summed E-state index contributed by atoms with van der Waals surface area (Å²) in [4.78, 5) is 8.48. The van der Waals surface area contributed by atoms with Crippen LogP contribution in [0.25, 0.3) is 27.9 Å². The summed E-state index contributed by atoms with van der Waals surface area (Å²) in [5, 5.41) is 17.8. The van der Waals surface area contributed by atoms with Crippen molar-refractivity contribution in [2.75, 3.05) is 0 Å². The maximum absolute atomic E-state index is 9.33. The molecule has 0 spiro atoms. The molecule has 4 aromatic heterocycles. The summed E-state index contributed by atoms with van der Waals surface area (Å²) in [5.74, 6) is 0. The Morgan fingerprint density at radius 2 is 1.96 bits per heavy atom. The van der Waals surface area contributed by atoms with Crippen LogP contribution in [-0.2, 0) is 7.05 Å². The molecule has 0 unspecified atom stereocenters. The predicted octanol–water partition coefficient (Wildman–Crippen LogP) is 2.06. The van der Waals surface area contributed by atoms with Gasteiger partial charge in [-0.3, -0.25) is 14.6 Å². The first kappa shape index (κ1) is 13.2. The molecule has 110 valence electrons. The van der Waals surface area contributed by atoms with Crippen molar-refractivity contribution in [3.05, 3.63) is 55.0 Å². The Labute approximate surface area is 131 Å². The second-order valence-corrected chi connectivity index (χ2v) is 5.10. The van der Waals surface area contributed by atoms with Gasteiger partial charge < -0.3 is 0 Å². The van der Waals surface area contributed by atoms with Gasteiger partial charge in [-0.2, -0.15) is 15.5 Å². The Kier molecular flexibility index (Phi) is 2.88. The van der Waals surface area contributed by atoms with E-state index in [1.165, 1.54) is 0 Å². The third-order valence-electron chi connectivity index (χ3n) is 3.61. The second kappa shape index (κ2) is 5.03. The highest BCUT2D eigenvalue weighted by atomic mass is 15.2. The minimum atomic E-state index is 0.503. The molecule has 0 saturated heterocycles. The molecule has 23 heavy (non-hydrogen) atoms. The smallest absolute Gasteiger partial charge is 0.103 e. The zero-order valence-corrected chi connectivity index (χ0v) is 12.2. The van der Waals surface area contributed by atoms with E-state index >= 15 is 0 Å². The largest absolute Gasteiger partial charge is 0.275 e. The van der Waals surface area contributed by atoms with Gasteiger partial charge in [-0.15, -0.1) is 0 Å². The molecule has 7 nitrogen and oxygen atoms in total. The first-order valence-corrected chi connectivity index (χ1v) is 6.93. The number of nitriles is 1. The zero-order valence-electron chi connectivity index (χ0n) is 12.2. The van der Waals surface area contributed by atoms with Gasteiger partial charge in [0.05, 0.1) is 35.4 Å². The minimum absolute atomic E-state index is 0.503. The molecule has 0 bridgehead atoms. The van der Waals surface area contributed by atoms with Crippen LogP contribution in [0.5, 0.6) is 0 Å². The van der Waals surface area contributed by atoms with Crippen LogP contribution < -0.4 is 0 Å². The Morgan fingerprint density at radius 3 is 2.65 bits per heavy atom. The number of rotatable bonds is 2. The molecule has 0 radical (unpaired) electrons. The topological polar surface area (TPSA) is 84.7 Å². The van der Waals surface area contributed by atoms with Gasteiger partial charge in [0, 0.05) is 48.5 Å². The number of nitrogens with zero attached hydrogens (tertiary/aromatic N) is 7. The lowest BCUT2D eigenvalue weighted by Gasteiger charge is -2.07. The lowest BCUT2D eigenvalue weighted by Crippen LogP contribution is -1.94. The fraction of sp³-hybridized carbons (Fsp3) is 0.0625. The lowest BCUT2D eigenvalue weighted by atomic mass is 10.0. The molecule has 0 atom stereocenters. The number of pyridine rings is 1. The first-order chi connectivity index (χ1) is 11.3. The van der Waals surface area contributed by atoms with Crippen molar-refractivity contribution in [2.45, 2.75) is 0 Å². The van der Waals surface area contributed by atoms with E-state index in [2.05, 4.69) is 26.2 Å². The first-order valence-electron chi connectivity index (χ1n) is 6.93. The van der Waals surface area contributed by atoms with Crippen molar-refractivity contribution in [2.24, 2.45) is 7.05 Å². The third-order valence-corrected chi connectivity index (χ3v) is 3.61. The van der Waals surface area contributed by atoms with Crippen LogP contribution in [0.1, 0.15) is 5.56 Å². The molecule has 4 heterocycles. The van der Waals surface area contributed by atoms with E-state index < -0.39 is 0 Å². The van der Waals surface area contributed by atoms with Gasteiger partial charge in [0.25, 0.3) is 0 Å². The van der Waals surface area contributed by atoms with Crippen LogP contribution in [0.4, 0.5) is 0 Å². The Morgan fingerprint density at radius 1 is 1.04 bits per heavy atom. The molecule has 0 saturated carbocycles. The van der Waals surface area contributed by atoms with Crippen molar-refractivity contribution in [1.29, 1.82) is 5.26 Å². The quantitative estimate of drug-likeness (QED) is 0.566. The number of hydrogen-bond donors (Lipinski definition) is 0. The van der Waals surface area contributed by atoms with Gasteiger partial charge in [0.2, 0.25) is 0 Å². The van der Waals surface area contributed by atoms with Gasteiger partial charge in [0.15, 0.2) is 0 Å². The molecule has 0 aliphatic rings. The minimum Gasteiger partial charge on any atom is -0.275 e. The van der Waals surface area contributed by atoms with Gasteiger partial charge in [-0.25, -0.2) is 4.52 Å². The number of hydrogen-bond acceptors (Lipinski definition) is 5. The molecule has 0 aliphatic heterocycles. The number of aromatic nitrogens is 6. The van der Waals surface area contributed by atoms with Crippen molar-refractivity contribution in [3.8, 4) is 28.5 Å². The average molecular weight is 301 g/mol. The summed E-state index contributed by atoms with van der Waals surface area (Å²) in [6.45, 7) is 0. The summed E-state index contributed by atoms with van der Waals surface area (Å²) in [6.07, 6.45) is 12.1. The van der Waals surface area contributed by atoms with Gasteiger partial charge in [-0.1, -0.05) is 0 Å². The molecule has 0 N–H and O–H groups in total. The summed E-state index contributed by atoms with van der Waals surface area (Å²) in [7, 11) is 1.87. The molecule has 0 aliphatic carbocycles. The average Bonchev–Trinajstić information content (AvgIpc) is 3.20. The van der Waals surface area contributed by atoms with Crippen molar-refractivity contribution in [1.82, 2.24) is 29.4 Å². The molecule has 4 aromatic rings. The summed E-state index contributed by atoms with van der Waals surface area (Å²) in [5.41, 5.74) is 4.64. The highest BCUT2D eigenvalue weighted by molar-refractivity contribution is 5.85. The van der Waals surface area contributed by atoms with Crippen LogP contribution in [-0.4, -0.2) is 29.4 Å². The SMILES string of the molecule is Cn1cc(-c2cc(-c3cnccn3)c3c(C#N)cnn3c2)cn1. The monoisotopic (exact) mass is 301 g/mol. The molecule has 0 aromatic carbocycles. The summed E-state index contributed by atoms with van der Waals surface area (Å²) >= 11 is 0. The third kappa shape index (κ3) is 2.13. The van der Waals surface area contributed by atoms with Crippen LogP contribution >= 0.6 is 0 Å². The fourth-order valence-electron chi connectivity index (χ4n) is 2.56. The highest BCUT2D eigenvalue weighted by Crippen LogP contribution is 2.30. The number of fused-ring (bicyclic) bond motifs is 1. The molecular weight excluding hydrogens is 290 g/mol. The lowest BCUT2D eigenvalue weighted by molar-refractivity contribution is 0.768. The normalized spacial score (nSPS) is 10.8. The Balaban J connectivity index is 2.05. The van der Waals surface area contributed by atoms with Crippen LogP contribution in [0.15, 0.2) is 49.4 Å². The van der Waals surface area contributed by atoms with Gasteiger partial charge in [-0.05, 0) is 6.07 Å². The second-order valence-electron chi connectivity index (χ2n) is 5.10. The van der Waals surface area contributed by atoms with E-state index in [9.17, 15) is 5.26 Å². The van der Waals surface area contributed by atoms with Crippen LogP contribution in [0.2, 0.25) is 0 Å². The molecule has 4 rings (SSSR count). The predicted molar refractivity (Wildman–Crippen MR) is 83.1 cm³/mol. The number of aryl methyl sites for hydroxylation is 1. The van der Waals surface area contributed by atoms with E-state index in [0.717, 1.165) is 22.2 Å². The molecular formula is C16H11N7. The standard InChI is InChI=1S/C16H11N7/c1-22-9-13(7-20-22)11-4-14(15-8-18-2-3-19-15)16-12(5-17)6-21-23(16)10-11/h2-4,6-10H,1H3. The van der Waals surface area contributed by atoms with E-state index in [1.807, 2.05) is 25.5 Å². The van der Waals surface area contributed by atoms with Gasteiger partial charge in [0.1, 0.15) is 6.07 Å². The van der Waals surface area contributed by atoms with Crippen molar-refractivity contribution >= 4 is 5.52 Å². The fourth-order valence-corrected chi connectivity index (χ4v) is 2.56. The van der Waals surface area contributed by atoms with E-state index in [-0.39, 0.29) is 0 Å². The van der Waals surface area contributed by atoms with E-state index in [0.29, 0.717) is 11.3 Å². The van der Waals surface area contributed by atoms with E-state index in [4.69, 9.17) is 0 Å². The van der Waals surface area contributed by atoms with Crippen molar-refractivity contribution < 1.29 is 0 Å². The maximum atomic E-state index is 9.33. The summed E-state index contributed by atoms with van der Waals surface area (Å²) < 4.78 is 3.44. The summed E-state index contributed by atoms with van der Waals surface area (Å²) in [6, 6.07) is 4.16. The van der Waals surface area contributed by atoms with Crippen LogP contribution in [0.3, 0.4) is 0 Å². The molecule has 0 fully saturated rings. The Hall–Kier alpha value is -3.53. The molecule has 7 heteroatoms. The van der Waals surface area contributed by atoms with E-state index in [1.54, 1.807) is 40.2 Å². The zero-order chi connectivity index (χ0) is 15.8. The van der Waals surface area contributed by atoms with Gasteiger partial charge >= 0.3 is 0 Å². The Bertz CT molecular complexity index is 1040. The van der Waals surface area contributed by atoms with Crippen molar-refractivity contribution in [3.63, 3.8) is 0 Å².